The van der Waals surface area contributed by atoms with Crippen LogP contribution in [0.15, 0.2) is 64.2 Å². The first-order valence-corrected chi connectivity index (χ1v) is 9.65. The molecule has 1 aromatic heterocycles. The molecule has 2 N–H and O–H groups in total. The highest BCUT2D eigenvalue weighted by Crippen LogP contribution is 2.20. The molecule has 0 unspecified atom stereocenters. The Morgan fingerprint density at radius 1 is 1.20 bits per heavy atom. The molecule has 0 aliphatic rings. The van der Waals surface area contributed by atoms with Crippen LogP contribution in [0.5, 0.6) is 0 Å². The van der Waals surface area contributed by atoms with Gasteiger partial charge in [0.25, 0.3) is 0 Å². The van der Waals surface area contributed by atoms with Gasteiger partial charge in [0, 0.05) is 22.3 Å². The fraction of sp³-hybridized carbons (Fsp3) is 0.158. The number of nitrogens with one attached hydrogen (secondary N) is 2. The number of aryl methyl sites for hydroxylation is 1. The number of aromatic amines is 1. The molecule has 3 rings (SSSR count). The first-order valence-electron chi connectivity index (χ1n) is 7.88. The lowest BCUT2D eigenvalue weighted by Crippen LogP contribution is -2.14. The van der Waals surface area contributed by atoms with Crippen molar-refractivity contribution in [3.8, 4) is 0 Å². The van der Waals surface area contributed by atoms with Crippen LogP contribution in [0.1, 0.15) is 17.0 Å². The van der Waals surface area contributed by atoms with Gasteiger partial charge in [-0.1, -0.05) is 64.1 Å². The Bertz CT molecular complexity index is 864. The van der Waals surface area contributed by atoms with Gasteiger partial charge in [-0.15, -0.1) is 0 Å². The Kier molecular flexibility index (Phi) is 5.94. The number of imidazole rings is 1. The van der Waals surface area contributed by atoms with Crippen LogP contribution in [-0.4, -0.2) is 21.6 Å². The molecular formula is C19H18BrN3OS. The van der Waals surface area contributed by atoms with E-state index < -0.39 is 0 Å². The van der Waals surface area contributed by atoms with E-state index in [4.69, 9.17) is 0 Å². The van der Waals surface area contributed by atoms with E-state index in [0.717, 1.165) is 33.1 Å². The van der Waals surface area contributed by atoms with Crippen molar-refractivity contribution in [1.29, 1.82) is 0 Å². The predicted octanol–water partition coefficient (Wildman–Crippen LogP) is 4.80. The number of anilines is 1. The molecule has 0 aliphatic heterocycles. The Morgan fingerprint density at radius 2 is 2.00 bits per heavy atom. The molecule has 0 radical (unpaired) electrons. The molecule has 1 heterocycles. The summed E-state index contributed by atoms with van der Waals surface area (Å²) < 4.78 is 0.935. The summed E-state index contributed by atoms with van der Waals surface area (Å²) in [5.74, 6) is 0.256. The van der Waals surface area contributed by atoms with Crippen LogP contribution < -0.4 is 5.32 Å². The van der Waals surface area contributed by atoms with Gasteiger partial charge >= 0.3 is 0 Å². The second-order valence-electron chi connectivity index (χ2n) is 5.62. The van der Waals surface area contributed by atoms with Gasteiger partial charge in [-0.25, -0.2) is 4.98 Å². The van der Waals surface area contributed by atoms with Crippen molar-refractivity contribution < 1.29 is 4.79 Å². The van der Waals surface area contributed by atoms with Crippen LogP contribution in [0.3, 0.4) is 0 Å². The van der Waals surface area contributed by atoms with Gasteiger partial charge in [0.2, 0.25) is 5.91 Å². The minimum atomic E-state index is -0.0539. The highest BCUT2D eigenvalue weighted by Gasteiger charge is 2.10. The number of rotatable bonds is 6. The van der Waals surface area contributed by atoms with E-state index in [1.165, 1.54) is 17.3 Å². The number of hydrogen-bond acceptors (Lipinski definition) is 3. The molecule has 3 aromatic rings. The number of amides is 1. The number of halogens is 1. The molecule has 1 amide bonds. The summed E-state index contributed by atoms with van der Waals surface area (Å²) in [6.45, 7) is 2.01. The maximum atomic E-state index is 12.1. The molecule has 4 nitrogen and oxygen atoms in total. The normalized spacial score (nSPS) is 10.6. The maximum Gasteiger partial charge on any atom is 0.234 e. The smallest absolute Gasteiger partial charge is 0.234 e. The van der Waals surface area contributed by atoms with Crippen LogP contribution in [0, 0.1) is 6.92 Å². The second kappa shape index (κ2) is 8.36. The van der Waals surface area contributed by atoms with Gasteiger partial charge in [0.05, 0.1) is 11.4 Å². The van der Waals surface area contributed by atoms with Crippen LogP contribution in [0.25, 0.3) is 0 Å². The molecule has 25 heavy (non-hydrogen) atoms. The van der Waals surface area contributed by atoms with Crippen molar-refractivity contribution in [3.63, 3.8) is 0 Å². The zero-order valence-electron chi connectivity index (χ0n) is 13.8. The second-order valence-corrected chi connectivity index (χ2v) is 7.50. The molecule has 128 valence electrons. The van der Waals surface area contributed by atoms with Gasteiger partial charge in [-0.05, 0) is 30.7 Å². The molecular weight excluding hydrogens is 398 g/mol. The standard InChI is InChI=1S/C19H18BrN3OS/c1-13-17(10-14-6-3-2-4-7-14)23-19(21-13)25-12-18(24)22-16-9-5-8-15(20)11-16/h2-9,11H,10,12H2,1H3,(H,21,23)(H,22,24). The lowest BCUT2D eigenvalue weighted by Gasteiger charge is -2.04. The van der Waals surface area contributed by atoms with Gasteiger partial charge in [-0.3, -0.25) is 4.79 Å². The van der Waals surface area contributed by atoms with Crippen LogP contribution >= 0.6 is 27.7 Å². The number of carbonyl (C=O) groups is 1. The third-order valence-corrected chi connectivity index (χ3v) is 4.99. The Hall–Kier alpha value is -2.05. The van der Waals surface area contributed by atoms with Crippen molar-refractivity contribution in [1.82, 2.24) is 9.97 Å². The fourth-order valence-electron chi connectivity index (χ4n) is 2.39. The van der Waals surface area contributed by atoms with Crippen LogP contribution in [-0.2, 0) is 11.2 Å². The zero-order valence-corrected chi connectivity index (χ0v) is 16.2. The number of H-pyrrole nitrogens is 1. The van der Waals surface area contributed by atoms with Crippen molar-refractivity contribution in [3.05, 3.63) is 76.0 Å². The Balaban J connectivity index is 1.56. The van der Waals surface area contributed by atoms with E-state index in [1.54, 1.807) is 0 Å². The average molecular weight is 416 g/mol. The van der Waals surface area contributed by atoms with E-state index in [2.05, 4.69) is 43.3 Å². The Morgan fingerprint density at radius 3 is 2.76 bits per heavy atom. The summed E-state index contributed by atoms with van der Waals surface area (Å²) in [6, 6.07) is 17.8. The van der Waals surface area contributed by atoms with Crippen molar-refractivity contribution in [2.45, 2.75) is 18.5 Å². The van der Waals surface area contributed by atoms with E-state index in [0.29, 0.717) is 5.75 Å². The summed E-state index contributed by atoms with van der Waals surface area (Å²) in [5.41, 5.74) is 4.06. The van der Waals surface area contributed by atoms with Crippen molar-refractivity contribution in [2.75, 3.05) is 11.1 Å². The molecule has 0 saturated heterocycles. The number of thioether (sulfide) groups is 1. The Labute approximate surface area is 159 Å². The zero-order chi connectivity index (χ0) is 17.6. The highest BCUT2D eigenvalue weighted by molar-refractivity contribution is 9.10. The predicted molar refractivity (Wildman–Crippen MR) is 106 cm³/mol. The molecule has 6 heteroatoms. The molecule has 0 saturated carbocycles. The average Bonchev–Trinajstić information content (AvgIpc) is 2.94. The monoisotopic (exact) mass is 415 g/mol. The molecule has 0 bridgehead atoms. The van der Waals surface area contributed by atoms with Gasteiger partial charge < -0.3 is 10.3 Å². The molecule has 0 spiro atoms. The summed E-state index contributed by atoms with van der Waals surface area (Å²) in [6.07, 6.45) is 0.786. The third-order valence-electron chi connectivity index (χ3n) is 3.63. The highest BCUT2D eigenvalue weighted by atomic mass is 79.9. The van der Waals surface area contributed by atoms with Crippen LogP contribution in [0.2, 0.25) is 0 Å². The van der Waals surface area contributed by atoms with Gasteiger partial charge in [0.1, 0.15) is 0 Å². The van der Waals surface area contributed by atoms with Crippen molar-refractivity contribution in [2.24, 2.45) is 0 Å². The van der Waals surface area contributed by atoms with Crippen LogP contribution in [0.4, 0.5) is 5.69 Å². The van der Waals surface area contributed by atoms with E-state index in [-0.39, 0.29) is 5.91 Å². The third kappa shape index (κ3) is 5.21. The van der Waals surface area contributed by atoms with Crippen molar-refractivity contribution >= 4 is 39.3 Å². The summed E-state index contributed by atoms with van der Waals surface area (Å²) in [5, 5.41) is 3.65. The minimum absolute atomic E-state index is 0.0539. The lowest BCUT2D eigenvalue weighted by molar-refractivity contribution is -0.113. The summed E-state index contributed by atoms with van der Waals surface area (Å²) >= 11 is 4.80. The number of nitrogens with zero attached hydrogens (tertiary/aromatic N) is 1. The molecule has 2 aromatic carbocycles. The lowest BCUT2D eigenvalue weighted by atomic mass is 10.1. The van der Waals surface area contributed by atoms with Gasteiger partial charge in [0.15, 0.2) is 5.16 Å². The number of hydrogen-bond donors (Lipinski definition) is 2. The van der Waals surface area contributed by atoms with E-state index in [1.807, 2.05) is 49.4 Å². The number of aromatic nitrogens is 2. The first-order chi connectivity index (χ1) is 12.1. The largest absolute Gasteiger partial charge is 0.337 e. The van der Waals surface area contributed by atoms with E-state index >= 15 is 0 Å². The quantitative estimate of drug-likeness (QED) is 0.568. The number of carbonyl (C=O) groups excluding carboxylic acids is 1. The summed E-state index contributed by atoms with van der Waals surface area (Å²) in [7, 11) is 0. The van der Waals surface area contributed by atoms with E-state index in [9.17, 15) is 4.79 Å². The molecule has 0 atom stereocenters. The van der Waals surface area contributed by atoms with Gasteiger partial charge in [-0.2, -0.15) is 0 Å². The fourth-order valence-corrected chi connectivity index (χ4v) is 3.53. The SMILES string of the molecule is Cc1[nH]c(SCC(=O)Nc2cccc(Br)c2)nc1Cc1ccccc1. The summed E-state index contributed by atoms with van der Waals surface area (Å²) in [4.78, 5) is 20.0. The minimum Gasteiger partial charge on any atom is -0.337 e. The molecule has 0 aliphatic carbocycles. The topological polar surface area (TPSA) is 57.8 Å². The maximum absolute atomic E-state index is 12.1. The molecule has 0 fully saturated rings. The number of benzene rings is 2. The first kappa shape index (κ1) is 17.8.